The summed E-state index contributed by atoms with van der Waals surface area (Å²) < 4.78 is 2.59. The molecule has 6 rings (SSSR count). The highest BCUT2D eigenvalue weighted by Gasteiger charge is 2.47. The van der Waals surface area contributed by atoms with Crippen LogP contribution in [0.1, 0.15) is 189 Å². The van der Waals surface area contributed by atoms with Gasteiger partial charge in [-0.25, -0.2) is 0 Å². The third-order valence-corrected chi connectivity index (χ3v) is 26.4. The largest absolute Gasteiger partial charge is 0.492 e. The molecule has 1 aliphatic heterocycles. The molecule has 41 heteroatoms. The first kappa shape index (κ1) is 109. The average molecular weight is 1880 g/mol. The Morgan fingerprint density at radius 1 is 0.561 bits per heavy atom. The first-order valence-electron chi connectivity index (χ1n) is 44.5. The van der Waals surface area contributed by atoms with E-state index in [0.29, 0.717) is 40.7 Å². The normalized spacial score (nSPS) is 19.2. The Kier molecular flexibility index (Phi) is 43.1. The zero-order valence-corrected chi connectivity index (χ0v) is 78.9. The van der Waals surface area contributed by atoms with Crippen molar-refractivity contribution in [2.24, 2.45) is 34.6 Å². The van der Waals surface area contributed by atoms with Crippen LogP contribution < -0.4 is 108 Å². The van der Waals surface area contributed by atoms with E-state index < -0.39 is 189 Å². The zero-order chi connectivity index (χ0) is 97.9. The summed E-state index contributed by atoms with van der Waals surface area (Å²) in [6.07, 6.45) is -0.581. The molecule has 13 atom stereocenters. The number of H-pyrrole nitrogens is 1. The van der Waals surface area contributed by atoms with Crippen LogP contribution in [0.5, 0.6) is 5.75 Å². The van der Waals surface area contributed by atoms with E-state index in [9.17, 15) is 57.8 Å². The molecule has 1 unspecified atom stereocenters. The maximum Gasteiger partial charge on any atom is 0.246 e. The van der Waals surface area contributed by atoms with Crippen LogP contribution in [0.3, 0.4) is 0 Å². The summed E-state index contributed by atoms with van der Waals surface area (Å²) in [5.74, 6) is -15.8. The molecule has 5 aromatic rings. The van der Waals surface area contributed by atoms with E-state index in [0.717, 1.165) is 63.7 Å². The van der Waals surface area contributed by atoms with Gasteiger partial charge in [-0.05, 0) is 170 Å². The van der Waals surface area contributed by atoms with Crippen molar-refractivity contribution in [3.63, 3.8) is 0 Å². The number of para-hydroxylation sites is 1. The van der Waals surface area contributed by atoms with Gasteiger partial charge in [0.25, 0.3) is 0 Å². The van der Waals surface area contributed by atoms with Gasteiger partial charge in [-0.1, -0.05) is 122 Å². The summed E-state index contributed by atoms with van der Waals surface area (Å²) in [5, 5.41) is 51.2. The SMILES string of the molecule is CCCc1cccc2c(C[C@@H]3NC(=O)[C@H]([C@@H](C)O)NC(=O)[C@H](CC(N)=O)NC(=O)[C@@H](NC(C)=O)C(C)(C)SSC(C)(C)[C@@H](C(=O)N[C@@H](Cc4ccc(OCCN)cc4)C(=O)N[C@@H](Cc4ccc5ccccc5c4)C(=O)NC(C)(CCCCN)C(=O)N[C@@H](CCCCNC(C)=O)C(=O)N[C@@H](CC(N)=O)C(=O)N[C@H](CC(C)C)C(N)=O)NC(=O)[C@H](CCCCNC(C)=O)NC3=O)c[nH]c12. The molecule has 1 aromatic heterocycles. The molecule has 26 N–H and O–H groups in total. The predicted molar refractivity (Wildman–Crippen MR) is 501 cm³/mol. The van der Waals surface area contributed by atoms with Gasteiger partial charge in [-0.15, -0.1) is 0 Å². The number of hydrogen-bond donors (Lipinski definition) is 21. The van der Waals surface area contributed by atoms with Crippen LogP contribution in [0.15, 0.2) is 91.1 Å². The van der Waals surface area contributed by atoms with E-state index in [2.05, 4.69) is 79.4 Å². The first-order valence-corrected chi connectivity index (χ1v) is 46.6. The summed E-state index contributed by atoms with van der Waals surface area (Å²) in [5.41, 5.74) is 29.8. The summed E-state index contributed by atoms with van der Waals surface area (Å²) in [7, 11) is 1.82. The number of aromatic amines is 1. The number of rotatable bonds is 46. The number of unbranched alkanes of at least 4 members (excludes halogenated alkanes) is 3. The molecule has 724 valence electrons. The van der Waals surface area contributed by atoms with Crippen molar-refractivity contribution < 1.29 is 91.4 Å². The van der Waals surface area contributed by atoms with Crippen molar-refractivity contribution in [2.45, 2.75) is 280 Å². The van der Waals surface area contributed by atoms with Crippen molar-refractivity contribution >= 4 is 144 Å². The van der Waals surface area contributed by atoms with Crippen molar-refractivity contribution in [2.75, 3.05) is 32.8 Å². The number of aromatic nitrogens is 1. The molecule has 17 amide bonds. The maximum absolute atomic E-state index is 16.4. The van der Waals surface area contributed by atoms with Gasteiger partial charge < -0.3 is 118 Å². The Bertz CT molecular complexity index is 4880. The summed E-state index contributed by atoms with van der Waals surface area (Å²) in [6.45, 7) is 18.6. The van der Waals surface area contributed by atoms with Crippen LogP contribution in [0.2, 0.25) is 0 Å². The Morgan fingerprint density at radius 3 is 1.76 bits per heavy atom. The molecule has 1 saturated heterocycles. The molecule has 0 aliphatic carbocycles. The number of hydrogen-bond acceptors (Lipinski definition) is 23. The van der Waals surface area contributed by atoms with E-state index in [1.54, 1.807) is 74.6 Å². The lowest BCUT2D eigenvalue weighted by atomic mass is 9.91. The fourth-order valence-electron chi connectivity index (χ4n) is 15.0. The second kappa shape index (κ2) is 52.3. The monoisotopic (exact) mass is 1870 g/mol. The predicted octanol–water partition coefficient (Wildman–Crippen LogP) is 0.224. The standard InChI is InChI=1S/C91H134N20O19S2/c1-13-23-58-26-22-27-62-60(49-99-74(58)62)46-68-81(122)101-63(28-16-20-39-97-52(5)113)79(120)110-76(90(10,11)132-131-89(8,9)75(100-54(7)115)86(127)107-70(48-72(95)117)83(124)109-73(51(4)112)85(126)105-68)87(128)106-66(44-55-31-34-61(35-32-55)130-41-38-93)80(121)103-67(45-56-30-33-57-24-14-15-25-59(57)43-56)84(125)111-91(12,36-18-19-37-92)88(129)108-64(29-17-21-40-98-53(6)114)78(119)104-69(47-71(94)116)82(123)102-65(77(96)118)42-50(2)3/h14-15,22,24-27,30-35,43,49-51,63-70,73,75-76,99,112H,13,16-21,23,28-29,36-42,44-48,92-93H2,1-12H3,(H2,94,116)(H2,95,117)(H2,96,118)(H,97,113)(H,98,114)(H,100,115)(H,101,122)(H,102,123)(H,103,121)(H,104,119)(H,105,126)(H,106,128)(H,107,127)(H,108,129)(H,109,124)(H,110,120)(H,111,125)/t51-,63+,64+,65-,66+,67+,68+,69+,70+,73+,75-,76-,91?/m1/s1. The number of fused-ring (bicyclic) bond motifs is 2. The van der Waals surface area contributed by atoms with Gasteiger partial charge in [-0.3, -0.25) is 81.5 Å². The van der Waals surface area contributed by atoms with E-state index in [1.165, 1.54) is 48.5 Å². The Labute approximate surface area is 776 Å². The molecule has 0 saturated carbocycles. The van der Waals surface area contributed by atoms with Crippen LogP contribution in [-0.4, -0.2) is 231 Å². The second-order valence-electron chi connectivity index (χ2n) is 35.0. The minimum atomic E-state index is -2.02. The van der Waals surface area contributed by atoms with E-state index >= 15 is 28.8 Å². The number of benzene rings is 4. The van der Waals surface area contributed by atoms with Crippen LogP contribution in [-0.2, 0) is 107 Å². The number of nitrogens with one attached hydrogen (secondary N) is 15. The number of carbonyl (C=O) groups is 17. The highest BCUT2D eigenvalue weighted by atomic mass is 33.1. The number of aliphatic hydroxyl groups is 1. The minimum absolute atomic E-state index is 0.0855. The third kappa shape index (κ3) is 34.6. The van der Waals surface area contributed by atoms with Gasteiger partial charge in [0.1, 0.15) is 84.4 Å². The number of amides is 17. The molecule has 0 spiro atoms. The highest BCUT2D eigenvalue weighted by Crippen LogP contribution is 2.47. The van der Waals surface area contributed by atoms with Crippen molar-refractivity contribution in [3.05, 3.63) is 113 Å². The van der Waals surface area contributed by atoms with Gasteiger partial charge in [0.05, 0.1) is 18.9 Å². The van der Waals surface area contributed by atoms with Crippen molar-refractivity contribution in [3.8, 4) is 5.75 Å². The van der Waals surface area contributed by atoms with Crippen LogP contribution in [0, 0.1) is 5.92 Å². The molecular weight excluding hydrogens is 1740 g/mol. The van der Waals surface area contributed by atoms with Crippen LogP contribution in [0.25, 0.3) is 21.7 Å². The molecule has 4 aromatic carbocycles. The maximum atomic E-state index is 16.4. The quantitative estimate of drug-likeness (QED) is 0.0183. The molecule has 39 nitrogen and oxygen atoms in total. The second-order valence-corrected chi connectivity index (χ2v) is 38.4. The fourth-order valence-corrected chi connectivity index (χ4v) is 17.8. The summed E-state index contributed by atoms with van der Waals surface area (Å²) in [6, 6.07) is 5.98. The van der Waals surface area contributed by atoms with Gasteiger partial charge in [-0.2, -0.15) is 0 Å². The number of primary amides is 3. The van der Waals surface area contributed by atoms with Crippen LogP contribution in [0.4, 0.5) is 0 Å². The molecule has 132 heavy (non-hydrogen) atoms. The molecule has 1 fully saturated rings. The smallest absolute Gasteiger partial charge is 0.246 e. The summed E-state index contributed by atoms with van der Waals surface area (Å²) >= 11 is 0. The van der Waals surface area contributed by atoms with Gasteiger partial charge in [0, 0.05) is 86.3 Å². The Morgan fingerprint density at radius 2 is 1.14 bits per heavy atom. The molecule has 0 bridgehead atoms. The minimum Gasteiger partial charge on any atom is -0.492 e. The number of ether oxygens (including phenoxy) is 1. The lowest BCUT2D eigenvalue weighted by Gasteiger charge is -2.39. The highest BCUT2D eigenvalue weighted by molar-refractivity contribution is 8.77. The fraction of sp³-hybridized carbons (Fsp3) is 0.549. The molecule has 2 heterocycles. The third-order valence-electron chi connectivity index (χ3n) is 22.1. The van der Waals surface area contributed by atoms with Gasteiger partial charge >= 0.3 is 0 Å². The summed E-state index contributed by atoms with van der Waals surface area (Å²) in [4.78, 5) is 247. The lowest BCUT2D eigenvalue weighted by molar-refractivity contribution is -0.138. The average Bonchev–Trinajstić information content (AvgIpc) is 0.903. The number of aliphatic hydroxyl groups excluding tert-OH is 1. The zero-order valence-electron chi connectivity index (χ0n) is 77.2. The Hall–Kier alpha value is -11.9. The van der Waals surface area contributed by atoms with E-state index in [1.807, 2.05) is 37.3 Å². The first-order chi connectivity index (χ1) is 62.3. The van der Waals surface area contributed by atoms with Gasteiger partial charge in [0.15, 0.2) is 0 Å². The number of aryl methyl sites for hydroxylation is 1. The number of carbonyl (C=O) groups excluding carboxylic acids is 17. The van der Waals surface area contributed by atoms with Crippen molar-refractivity contribution in [1.29, 1.82) is 0 Å². The Balaban J connectivity index is 1.55. The van der Waals surface area contributed by atoms with E-state index in [4.69, 9.17) is 33.4 Å². The van der Waals surface area contributed by atoms with E-state index in [-0.39, 0.29) is 128 Å². The molecule has 0 radical (unpaired) electrons. The van der Waals surface area contributed by atoms with Crippen LogP contribution >= 0.6 is 21.6 Å². The molecule has 1 aliphatic rings. The topological polar surface area (TPSA) is 634 Å². The van der Waals surface area contributed by atoms with Crippen molar-refractivity contribution in [1.82, 2.24) is 79.4 Å². The molecular formula is C91H134N20O19S2. The van der Waals surface area contributed by atoms with Gasteiger partial charge in [0.2, 0.25) is 100 Å². The lowest BCUT2D eigenvalue weighted by Crippen LogP contribution is -2.65. The number of nitrogens with two attached hydrogens (primary N) is 5.